The van der Waals surface area contributed by atoms with E-state index in [-0.39, 0.29) is 5.57 Å². The molecule has 0 aliphatic heterocycles. The lowest BCUT2D eigenvalue weighted by Gasteiger charge is -2.24. The first-order valence-electron chi connectivity index (χ1n) is 13.1. The van der Waals surface area contributed by atoms with Crippen LogP contribution in [0.4, 0.5) is 11.4 Å². The molecular weight excluding hydrogens is 490 g/mol. The number of carboxylic acids is 1. The smallest absolute Gasteiger partial charge is 0.335 e. The largest absolute Gasteiger partial charge is 0.478 e. The van der Waals surface area contributed by atoms with Crippen LogP contribution in [0.25, 0.3) is 23.3 Å². The second-order valence-corrected chi connectivity index (χ2v) is 9.28. The van der Waals surface area contributed by atoms with Gasteiger partial charge in [0.2, 0.25) is 0 Å². The average Bonchev–Trinajstić information content (AvgIpc) is 3.02. The minimum absolute atomic E-state index is 0.0397. The predicted molar refractivity (Wildman–Crippen MR) is 167 cm³/mol. The molecular formula is C37H29NO2. The summed E-state index contributed by atoms with van der Waals surface area (Å²) in [6.07, 6.45) is 6.03. The van der Waals surface area contributed by atoms with E-state index in [0.717, 1.165) is 39.2 Å². The number of rotatable bonds is 9. The van der Waals surface area contributed by atoms with Crippen LogP contribution in [0.5, 0.6) is 0 Å². The van der Waals surface area contributed by atoms with E-state index in [4.69, 9.17) is 0 Å². The Hall–Kier alpha value is -5.41. The van der Waals surface area contributed by atoms with Gasteiger partial charge in [0, 0.05) is 23.1 Å². The van der Waals surface area contributed by atoms with Crippen LogP contribution in [0.2, 0.25) is 0 Å². The molecule has 0 fully saturated rings. The molecule has 0 unspecified atom stereocenters. The van der Waals surface area contributed by atoms with Crippen molar-refractivity contribution in [2.75, 3.05) is 4.90 Å². The summed E-state index contributed by atoms with van der Waals surface area (Å²) < 4.78 is 0. The van der Waals surface area contributed by atoms with Gasteiger partial charge in [-0.1, -0.05) is 134 Å². The average molecular weight is 520 g/mol. The number of hydrogen-bond donors (Lipinski definition) is 1. The Morgan fingerprint density at radius 1 is 0.625 bits per heavy atom. The van der Waals surface area contributed by atoms with Crippen molar-refractivity contribution in [2.45, 2.75) is 0 Å². The van der Waals surface area contributed by atoms with Crippen LogP contribution in [-0.4, -0.2) is 11.1 Å². The lowest BCUT2D eigenvalue weighted by molar-refractivity contribution is -0.130. The number of carboxylic acid groups (broad SMARTS) is 1. The van der Waals surface area contributed by atoms with Gasteiger partial charge in [-0.15, -0.1) is 0 Å². The molecule has 0 saturated heterocycles. The fraction of sp³-hybridized carbons (Fsp3) is 0. The minimum atomic E-state index is -1.05. The maximum absolute atomic E-state index is 12.1. The van der Waals surface area contributed by atoms with E-state index in [9.17, 15) is 9.90 Å². The molecule has 0 radical (unpaired) electrons. The molecule has 0 aliphatic carbocycles. The van der Waals surface area contributed by atoms with Crippen LogP contribution in [0.1, 0.15) is 27.8 Å². The number of para-hydroxylation sites is 1. The van der Waals surface area contributed by atoms with Crippen LogP contribution in [0.15, 0.2) is 152 Å². The van der Waals surface area contributed by atoms with Gasteiger partial charge >= 0.3 is 5.97 Å². The van der Waals surface area contributed by atoms with Gasteiger partial charge in [-0.2, -0.15) is 0 Å². The Balaban J connectivity index is 1.68. The van der Waals surface area contributed by atoms with Crippen LogP contribution >= 0.6 is 0 Å². The molecule has 0 spiro atoms. The molecule has 5 rings (SSSR count). The molecule has 3 heteroatoms. The number of anilines is 2. The fourth-order valence-electron chi connectivity index (χ4n) is 4.53. The van der Waals surface area contributed by atoms with Crippen LogP contribution in [0, 0.1) is 0 Å². The van der Waals surface area contributed by atoms with E-state index in [2.05, 4.69) is 41.9 Å². The van der Waals surface area contributed by atoms with Gasteiger partial charge in [-0.05, 0) is 52.1 Å². The summed E-state index contributed by atoms with van der Waals surface area (Å²) in [5.41, 5.74) is 7.38. The third-order valence-electron chi connectivity index (χ3n) is 6.62. The first-order chi connectivity index (χ1) is 19.6. The standard InChI is InChI=1S/C37H29NO2/c1-28(37(39)40)35-26-34(25-24-32(35)23-22-29-14-6-2-7-15-29)38(33-20-12-5-13-21-33)27-36(30-16-8-3-9-17-30)31-18-10-4-11-19-31/h2-27H,1H2,(H,39,40). The number of aliphatic carboxylic acids is 1. The summed E-state index contributed by atoms with van der Waals surface area (Å²) >= 11 is 0. The van der Waals surface area contributed by atoms with E-state index >= 15 is 0 Å². The third kappa shape index (κ3) is 6.17. The molecule has 1 N–H and O–H groups in total. The molecule has 5 aromatic carbocycles. The highest BCUT2D eigenvalue weighted by Gasteiger charge is 2.16. The van der Waals surface area contributed by atoms with Crippen molar-refractivity contribution < 1.29 is 9.90 Å². The molecule has 5 aromatic rings. The molecule has 194 valence electrons. The highest BCUT2D eigenvalue weighted by atomic mass is 16.4. The highest BCUT2D eigenvalue weighted by Crippen LogP contribution is 2.34. The third-order valence-corrected chi connectivity index (χ3v) is 6.62. The van der Waals surface area contributed by atoms with Crippen LogP contribution in [-0.2, 0) is 4.79 Å². The Labute approximate surface area is 235 Å². The van der Waals surface area contributed by atoms with Gasteiger partial charge in [0.1, 0.15) is 0 Å². The molecule has 0 amide bonds. The lowest BCUT2D eigenvalue weighted by Crippen LogP contribution is -2.11. The normalized spacial score (nSPS) is 10.7. The Morgan fingerprint density at radius 2 is 1.15 bits per heavy atom. The Kier molecular flexibility index (Phi) is 8.14. The zero-order chi connectivity index (χ0) is 27.7. The zero-order valence-corrected chi connectivity index (χ0v) is 22.0. The van der Waals surface area contributed by atoms with Crippen molar-refractivity contribution in [2.24, 2.45) is 0 Å². The van der Waals surface area contributed by atoms with Crippen molar-refractivity contribution in [3.05, 3.63) is 180 Å². The summed E-state index contributed by atoms with van der Waals surface area (Å²) in [4.78, 5) is 14.2. The van der Waals surface area contributed by atoms with Gasteiger partial charge < -0.3 is 10.0 Å². The minimum Gasteiger partial charge on any atom is -0.478 e. The molecule has 40 heavy (non-hydrogen) atoms. The highest BCUT2D eigenvalue weighted by molar-refractivity contribution is 6.16. The van der Waals surface area contributed by atoms with E-state index < -0.39 is 5.97 Å². The Bertz CT molecular complexity index is 1610. The van der Waals surface area contributed by atoms with Gasteiger partial charge in [-0.25, -0.2) is 4.79 Å². The predicted octanol–water partition coefficient (Wildman–Crippen LogP) is 9.18. The Morgan fingerprint density at radius 3 is 1.70 bits per heavy atom. The number of benzene rings is 5. The van der Waals surface area contributed by atoms with Crippen molar-refractivity contribution >= 4 is 40.6 Å². The summed E-state index contributed by atoms with van der Waals surface area (Å²) in [5, 5.41) is 9.89. The molecule has 0 saturated carbocycles. The lowest BCUT2D eigenvalue weighted by atomic mass is 9.97. The summed E-state index contributed by atoms with van der Waals surface area (Å²) in [6, 6.07) is 46.4. The van der Waals surface area contributed by atoms with E-state index in [0.29, 0.717) is 5.56 Å². The second-order valence-electron chi connectivity index (χ2n) is 9.28. The first kappa shape index (κ1) is 26.2. The van der Waals surface area contributed by atoms with Crippen molar-refractivity contribution in [3.8, 4) is 0 Å². The van der Waals surface area contributed by atoms with Gasteiger partial charge in [0.25, 0.3) is 0 Å². The van der Waals surface area contributed by atoms with Gasteiger partial charge in [-0.3, -0.25) is 0 Å². The molecule has 0 atom stereocenters. The summed E-state index contributed by atoms with van der Waals surface area (Å²) in [6.45, 7) is 3.90. The SMILES string of the molecule is C=C(C(=O)O)c1cc(N(C=C(c2ccccc2)c2ccccc2)c2ccccc2)ccc1C=Cc1ccccc1. The quantitative estimate of drug-likeness (QED) is 0.156. The summed E-state index contributed by atoms with van der Waals surface area (Å²) in [5.74, 6) is -1.05. The zero-order valence-electron chi connectivity index (χ0n) is 22.0. The number of nitrogens with zero attached hydrogens (tertiary/aromatic N) is 1. The van der Waals surface area contributed by atoms with Crippen molar-refractivity contribution in [1.82, 2.24) is 0 Å². The van der Waals surface area contributed by atoms with Crippen LogP contribution < -0.4 is 4.90 Å². The molecule has 0 aromatic heterocycles. The maximum Gasteiger partial charge on any atom is 0.335 e. The molecule has 0 aliphatic rings. The van der Waals surface area contributed by atoms with E-state index in [1.165, 1.54) is 0 Å². The maximum atomic E-state index is 12.1. The first-order valence-corrected chi connectivity index (χ1v) is 13.1. The van der Waals surface area contributed by atoms with E-state index in [1.54, 1.807) is 0 Å². The molecule has 0 heterocycles. The monoisotopic (exact) mass is 519 g/mol. The topological polar surface area (TPSA) is 40.5 Å². The number of carbonyl (C=O) groups is 1. The van der Waals surface area contributed by atoms with Crippen molar-refractivity contribution in [1.29, 1.82) is 0 Å². The molecule has 0 bridgehead atoms. The van der Waals surface area contributed by atoms with Crippen LogP contribution in [0.3, 0.4) is 0 Å². The second kappa shape index (κ2) is 12.4. The van der Waals surface area contributed by atoms with Crippen molar-refractivity contribution in [3.63, 3.8) is 0 Å². The number of hydrogen-bond acceptors (Lipinski definition) is 2. The van der Waals surface area contributed by atoms with Gasteiger partial charge in [0.05, 0.1) is 5.57 Å². The van der Waals surface area contributed by atoms with Gasteiger partial charge in [0.15, 0.2) is 0 Å². The summed E-state index contributed by atoms with van der Waals surface area (Å²) in [7, 11) is 0. The molecule has 3 nitrogen and oxygen atoms in total. The fourth-order valence-corrected chi connectivity index (χ4v) is 4.53. The van der Waals surface area contributed by atoms with E-state index in [1.807, 2.05) is 127 Å².